The first-order chi connectivity index (χ1) is 15.9. The highest BCUT2D eigenvalue weighted by Crippen LogP contribution is 2.44. The second-order valence-corrected chi connectivity index (χ2v) is 8.42. The molecule has 0 heterocycles. The molecule has 0 fully saturated rings. The number of benzene rings is 2. The molecule has 0 spiro atoms. The molecule has 1 aliphatic carbocycles. The number of nitrogens with one attached hydrogen (secondary N) is 2. The van der Waals surface area contributed by atoms with Gasteiger partial charge in [0, 0.05) is 12.5 Å². The SMILES string of the molecule is CN(C)CCCCNC(=O)C(CC(=O)O)NC(=O)OCC1c2ccccc2-c2ccccc21. The number of ether oxygens (including phenoxy) is 1. The fourth-order valence-corrected chi connectivity index (χ4v) is 4.05. The minimum absolute atomic E-state index is 0.0891. The van der Waals surface area contributed by atoms with Gasteiger partial charge in [0.2, 0.25) is 5.91 Å². The van der Waals surface area contributed by atoms with E-state index < -0.39 is 30.4 Å². The highest BCUT2D eigenvalue weighted by atomic mass is 16.5. The second kappa shape index (κ2) is 11.5. The highest BCUT2D eigenvalue weighted by Gasteiger charge is 2.30. The molecule has 176 valence electrons. The maximum absolute atomic E-state index is 12.5. The normalized spacial score (nSPS) is 13.2. The largest absolute Gasteiger partial charge is 0.481 e. The van der Waals surface area contributed by atoms with E-state index in [1.54, 1.807) is 0 Å². The number of hydrogen-bond donors (Lipinski definition) is 3. The van der Waals surface area contributed by atoms with Crippen LogP contribution in [0.1, 0.15) is 36.3 Å². The molecule has 0 bridgehead atoms. The van der Waals surface area contributed by atoms with Gasteiger partial charge in [-0.1, -0.05) is 48.5 Å². The molecule has 8 heteroatoms. The molecule has 0 saturated heterocycles. The number of unbranched alkanes of at least 4 members (excludes halogenated alkanes) is 1. The lowest BCUT2D eigenvalue weighted by atomic mass is 9.98. The predicted molar refractivity (Wildman–Crippen MR) is 125 cm³/mol. The molecule has 3 N–H and O–H groups in total. The van der Waals surface area contributed by atoms with Gasteiger partial charge in [-0.2, -0.15) is 0 Å². The van der Waals surface area contributed by atoms with Gasteiger partial charge >= 0.3 is 12.1 Å². The van der Waals surface area contributed by atoms with E-state index in [9.17, 15) is 14.4 Å². The fraction of sp³-hybridized carbons (Fsp3) is 0.400. The number of nitrogens with zero attached hydrogens (tertiary/aromatic N) is 1. The van der Waals surface area contributed by atoms with E-state index in [4.69, 9.17) is 9.84 Å². The molecule has 1 unspecified atom stereocenters. The maximum atomic E-state index is 12.5. The van der Waals surface area contributed by atoms with E-state index in [0.717, 1.165) is 41.6 Å². The highest BCUT2D eigenvalue weighted by molar-refractivity contribution is 5.89. The number of fused-ring (bicyclic) bond motifs is 3. The predicted octanol–water partition coefficient (Wildman–Crippen LogP) is 2.83. The molecule has 0 saturated carbocycles. The lowest BCUT2D eigenvalue weighted by molar-refractivity contribution is -0.139. The number of rotatable bonds is 11. The van der Waals surface area contributed by atoms with Crippen LogP contribution in [0.25, 0.3) is 11.1 Å². The van der Waals surface area contributed by atoms with Crippen LogP contribution in [0.2, 0.25) is 0 Å². The monoisotopic (exact) mass is 453 g/mol. The zero-order valence-corrected chi connectivity index (χ0v) is 19.0. The van der Waals surface area contributed by atoms with Gasteiger partial charge < -0.3 is 25.4 Å². The molecule has 2 aromatic carbocycles. The lowest BCUT2D eigenvalue weighted by Gasteiger charge is -2.19. The molecular weight excluding hydrogens is 422 g/mol. The quantitative estimate of drug-likeness (QED) is 0.452. The summed E-state index contributed by atoms with van der Waals surface area (Å²) in [6.07, 6.45) is 0.324. The first kappa shape index (κ1) is 24.3. The van der Waals surface area contributed by atoms with Gasteiger partial charge in [0.25, 0.3) is 0 Å². The molecule has 1 aliphatic rings. The van der Waals surface area contributed by atoms with Crippen LogP contribution in [-0.2, 0) is 14.3 Å². The van der Waals surface area contributed by atoms with Crippen LogP contribution in [0.4, 0.5) is 4.79 Å². The van der Waals surface area contributed by atoms with E-state index in [1.165, 1.54) is 0 Å². The third kappa shape index (κ3) is 6.55. The molecule has 2 amide bonds. The Bertz CT molecular complexity index is 946. The average molecular weight is 454 g/mol. The molecule has 2 aromatic rings. The number of amides is 2. The van der Waals surface area contributed by atoms with Crippen molar-refractivity contribution in [2.45, 2.75) is 31.2 Å². The van der Waals surface area contributed by atoms with Crippen molar-refractivity contribution in [1.29, 1.82) is 0 Å². The summed E-state index contributed by atoms with van der Waals surface area (Å²) >= 11 is 0. The van der Waals surface area contributed by atoms with E-state index in [0.29, 0.717) is 6.54 Å². The smallest absolute Gasteiger partial charge is 0.407 e. The summed E-state index contributed by atoms with van der Waals surface area (Å²) < 4.78 is 5.44. The van der Waals surface area contributed by atoms with Crippen LogP contribution < -0.4 is 10.6 Å². The van der Waals surface area contributed by atoms with Crippen molar-refractivity contribution < 1.29 is 24.2 Å². The Labute approximate surface area is 193 Å². The molecule has 3 rings (SSSR count). The van der Waals surface area contributed by atoms with Crippen molar-refractivity contribution in [1.82, 2.24) is 15.5 Å². The Morgan fingerprint density at radius 1 is 1.00 bits per heavy atom. The van der Waals surface area contributed by atoms with Gasteiger partial charge in [-0.15, -0.1) is 0 Å². The summed E-state index contributed by atoms with van der Waals surface area (Å²) in [7, 11) is 3.94. The van der Waals surface area contributed by atoms with Crippen LogP contribution in [0.15, 0.2) is 48.5 Å². The molecule has 33 heavy (non-hydrogen) atoms. The first-order valence-electron chi connectivity index (χ1n) is 11.1. The van der Waals surface area contributed by atoms with Crippen LogP contribution in [-0.4, -0.2) is 67.8 Å². The second-order valence-electron chi connectivity index (χ2n) is 8.42. The van der Waals surface area contributed by atoms with Crippen molar-refractivity contribution in [3.63, 3.8) is 0 Å². The number of alkyl carbamates (subject to hydrolysis) is 1. The fourth-order valence-electron chi connectivity index (χ4n) is 4.05. The number of carboxylic acid groups (broad SMARTS) is 1. The van der Waals surface area contributed by atoms with Gasteiger partial charge in [-0.3, -0.25) is 9.59 Å². The van der Waals surface area contributed by atoms with Crippen LogP contribution in [0.5, 0.6) is 0 Å². The van der Waals surface area contributed by atoms with E-state index in [-0.39, 0.29) is 12.5 Å². The van der Waals surface area contributed by atoms with Crippen LogP contribution >= 0.6 is 0 Å². The van der Waals surface area contributed by atoms with Crippen molar-refractivity contribution in [2.75, 3.05) is 33.8 Å². The minimum atomic E-state index is -1.20. The van der Waals surface area contributed by atoms with Crippen molar-refractivity contribution >= 4 is 18.0 Å². The summed E-state index contributed by atoms with van der Waals surface area (Å²) in [6.45, 7) is 1.40. The van der Waals surface area contributed by atoms with Gasteiger partial charge in [0.05, 0.1) is 6.42 Å². The van der Waals surface area contributed by atoms with Crippen molar-refractivity contribution in [3.8, 4) is 11.1 Å². The van der Waals surface area contributed by atoms with Crippen LogP contribution in [0, 0.1) is 0 Å². The lowest BCUT2D eigenvalue weighted by Crippen LogP contribution is -2.48. The van der Waals surface area contributed by atoms with E-state index in [1.807, 2.05) is 67.5 Å². The number of carboxylic acids is 1. The number of carbonyl (C=O) groups is 3. The van der Waals surface area contributed by atoms with Gasteiger partial charge in [0.1, 0.15) is 12.6 Å². The topological polar surface area (TPSA) is 108 Å². The first-order valence-corrected chi connectivity index (χ1v) is 11.1. The van der Waals surface area contributed by atoms with E-state index >= 15 is 0 Å². The number of carbonyl (C=O) groups excluding carboxylic acids is 2. The average Bonchev–Trinajstić information content (AvgIpc) is 3.10. The zero-order valence-electron chi connectivity index (χ0n) is 19.0. The molecule has 1 atom stereocenters. The summed E-state index contributed by atoms with van der Waals surface area (Å²) in [4.78, 5) is 38.2. The summed E-state index contributed by atoms with van der Waals surface area (Å²) in [5.74, 6) is -1.83. The molecule has 0 aromatic heterocycles. The Hall–Kier alpha value is -3.39. The van der Waals surface area contributed by atoms with Crippen molar-refractivity contribution in [3.05, 3.63) is 59.7 Å². The maximum Gasteiger partial charge on any atom is 0.407 e. The standard InChI is InChI=1S/C25H31N3O5/c1-28(2)14-8-7-13-26-24(31)22(15-23(29)30)27-25(32)33-16-21-19-11-5-3-9-17(19)18-10-4-6-12-20(18)21/h3-6,9-12,21-22H,7-8,13-16H2,1-2H3,(H,26,31)(H,27,32)(H,29,30). The zero-order chi connectivity index (χ0) is 23.8. The minimum Gasteiger partial charge on any atom is -0.481 e. The summed E-state index contributed by atoms with van der Waals surface area (Å²) in [5.41, 5.74) is 4.37. The Balaban J connectivity index is 1.56. The number of hydrogen-bond acceptors (Lipinski definition) is 5. The van der Waals surface area contributed by atoms with Gasteiger partial charge in [0.15, 0.2) is 0 Å². The van der Waals surface area contributed by atoms with E-state index in [2.05, 4.69) is 10.6 Å². The third-order valence-electron chi connectivity index (χ3n) is 5.66. The number of aliphatic carboxylic acids is 1. The Morgan fingerprint density at radius 3 is 2.18 bits per heavy atom. The van der Waals surface area contributed by atoms with Crippen LogP contribution in [0.3, 0.4) is 0 Å². The molecule has 8 nitrogen and oxygen atoms in total. The molecule has 0 radical (unpaired) electrons. The Morgan fingerprint density at radius 2 is 1.61 bits per heavy atom. The Kier molecular flexibility index (Phi) is 8.43. The van der Waals surface area contributed by atoms with Gasteiger partial charge in [-0.25, -0.2) is 4.79 Å². The van der Waals surface area contributed by atoms with Gasteiger partial charge in [-0.05, 0) is 55.7 Å². The third-order valence-corrected chi connectivity index (χ3v) is 5.66. The summed E-state index contributed by atoms with van der Waals surface area (Å²) in [6, 6.07) is 14.7. The van der Waals surface area contributed by atoms with Crippen molar-refractivity contribution in [2.24, 2.45) is 0 Å². The summed E-state index contributed by atoms with van der Waals surface area (Å²) in [5, 5.41) is 14.3. The molecular formula is C25H31N3O5. The molecule has 0 aliphatic heterocycles.